The van der Waals surface area contributed by atoms with Gasteiger partial charge in [-0.25, -0.2) is 0 Å². The van der Waals surface area contributed by atoms with Gasteiger partial charge in [-0.2, -0.15) is 0 Å². The molecule has 1 aromatic rings. The van der Waals surface area contributed by atoms with Crippen LogP contribution in [0.25, 0.3) is 0 Å². The zero-order chi connectivity index (χ0) is 11.3. The number of hydrogen-bond acceptors (Lipinski definition) is 2. The molecule has 0 saturated heterocycles. The van der Waals surface area contributed by atoms with E-state index in [2.05, 4.69) is 44.1 Å². The third-order valence-corrected chi connectivity index (χ3v) is 3.12. The molecule has 0 aliphatic heterocycles. The highest BCUT2D eigenvalue weighted by atomic mass is 14.9. The average Bonchev–Trinajstić information content (AvgIpc) is 2.27. The molecule has 0 spiro atoms. The lowest BCUT2D eigenvalue weighted by Crippen LogP contribution is -2.33. The van der Waals surface area contributed by atoms with Crippen LogP contribution in [0.5, 0.6) is 0 Å². The van der Waals surface area contributed by atoms with Crippen molar-refractivity contribution >= 4 is 0 Å². The molecule has 0 fully saturated rings. The smallest absolute Gasteiger partial charge is 0.0387 e. The molecule has 1 rings (SSSR count). The lowest BCUT2D eigenvalue weighted by molar-refractivity contribution is 0.237. The second-order valence-electron chi connectivity index (χ2n) is 4.62. The van der Waals surface area contributed by atoms with E-state index in [-0.39, 0.29) is 5.41 Å². The van der Waals surface area contributed by atoms with Crippen molar-refractivity contribution in [2.24, 2.45) is 5.41 Å². The lowest BCUT2D eigenvalue weighted by atomic mass is 9.79. The summed E-state index contributed by atoms with van der Waals surface area (Å²) < 4.78 is 0. The van der Waals surface area contributed by atoms with E-state index in [1.54, 1.807) is 0 Å². The van der Waals surface area contributed by atoms with E-state index in [0.29, 0.717) is 6.04 Å². The fourth-order valence-electron chi connectivity index (χ4n) is 1.80. The summed E-state index contributed by atoms with van der Waals surface area (Å²) >= 11 is 0. The first kappa shape index (κ1) is 12.2. The number of aromatic nitrogens is 1. The van der Waals surface area contributed by atoms with Crippen LogP contribution in [-0.4, -0.2) is 11.5 Å². The molecule has 1 aromatic heterocycles. The number of rotatable bonds is 5. The van der Waals surface area contributed by atoms with Crippen molar-refractivity contribution in [3.05, 3.63) is 30.1 Å². The summed E-state index contributed by atoms with van der Waals surface area (Å²) in [5.41, 5.74) is 1.55. The minimum absolute atomic E-state index is 0.263. The summed E-state index contributed by atoms with van der Waals surface area (Å²) in [4.78, 5) is 4.20. The van der Waals surface area contributed by atoms with Crippen molar-refractivity contribution in [3.8, 4) is 0 Å². The Labute approximate surface area is 93.1 Å². The molecule has 0 aromatic carbocycles. The van der Waals surface area contributed by atoms with Gasteiger partial charge in [-0.1, -0.05) is 33.8 Å². The van der Waals surface area contributed by atoms with Gasteiger partial charge in [0.25, 0.3) is 0 Å². The predicted molar refractivity (Wildman–Crippen MR) is 64.7 cm³/mol. The Bertz CT molecular complexity index is 280. The van der Waals surface area contributed by atoms with Gasteiger partial charge in [0.05, 0.1) is 0 Å². The molecule has 84 valence electrons. The molecule has 0 aliphatic rings. The molecule has 0 amide bonds. The van der Waals surface area contributed by atoms with Crippen LogP contribution in [0.3, 0.4) is 0 Å². The van der Waals surface area contributed by atoms with Crippen molar-refractivity contribution in [1.82, 2.24) is 10.3 Å². The number of hydrogen-bond donors (Lipinski definition) is 1. The second kappa shape index (κ2) is 5.26. The lowest BCUT2D eigenvalue weighted by Gasteiger charge is -2.34. The van der Waals surface area contributed by atoms with E-state index in [0.717, 1.165) is 13.0 Å². The van der Waals surface area contributed by atoms with Gasteiger partial charge in [0.15, 0.2) is 0 Å². The van der Waals surface area contributed by atoms with Crippen LogP contribution in [-0.2, 0) is 0 Å². The second-order valence-corrected chi connectivity index (χ2v) is 4.62. The first-order chi connectivity index (χ1) is 7.11. The maximum atomic E-state index is 4.20. The summed E-state index contributed by atoms with van der Waals surface area (Å²) in [5.74, 6) is 0. The van der Waals surface area contributed by atoms with Gasteiger partial charge in [-0.05, 0) is 30.0 Å². The van der Waals surface area contributed by atoms with Gasteiger partial charge >= 0.3 is 0 Å². The SMILES string of the molecule is CCNC(c1cccnc1)C(C)(C)CC. The molecule has 1 unspecified atom stereocenters. The largest absolute Gasteiger partial charge is 0.310 e. The van der Waals surface area contributed by atoms with E-state index in [1.165, 1.54) is 5.56 Å². The van der Waals surface area contributed by atoms with Crippen molar-refractivity contribution in [1.29, 1.82) is 0 Å². The Morgan fingerprint density at radius 3 is 2.60 bits per heavy atom. The zero-order valence-corrected chi connectivity index (χ0v) is 10.2. The van der Waals surface area contributed by atoms with Crippen LogP contribution in [0.2, 0.25) is 0 Å². The molecule has 2 nitrogen and oxygen atoms in total. The average molecular weight is 206 g/mol. The van der Waals surface area contributed by atoms with Crippen molar-refractivity contribution in [2.75, 3.05) is 6.54 Å². The predicted octanol–water partition coefficient (Wildman–Crippen LogP) is 3.17. The normalized spacial score (nSPS) is 13.9. The summed E-state index contributed by atoms with van der Waals surface area (Å²) in [5, 5.41) is 3.55. The van der Waals surface area contributed by atoms with E-state index >= 15 is 0 Å². The standard InChI is InChI=1S/C13H22N2/c1-5-13(3,4)12(15-6-2)11-8-7-9-14-10-11/h7-10,12,15H,5-6H2,1-4H3. The fourth-order valence-corrected chi connectivity index (χ4v) is 1.80. The van der Waals surface area contributed by atoms with Gasteiger partial charge in [0.1, 0.15) is 0 Å². The molecular formula is C13H22N2. The minimum Gasteiger partial charge on any atom is -0.310 e. The van der Waals surface area contributed by atoms with Gasteiger partial charge in [-0.15, -0.1) is 0 Å². The van der Waals surface area contributed by atoms with Crippen LogP contribution in [0.4, 0.5) is 0 Å². The highest BCUT2D eigenvalue weighted by molar-refractivity contribution is 5.16. The quantitative estimate of drug-likeness (QED) is 0.800. The highest BCUT2D eigenvalue weighted by Gasteiger charge is 2.28. The molecule has 2 heteroatoms. The third kappa shape index (κ3) is 3.03. The molecule has 0 aliphatic carbocycles. The molecular weight excluding hydrogens is 184 g/mol. The highest BCUT2D eigenvalue weighted by Crippen LogP contribution is 2.35. The maximum absolute atomic E-state index is 4.20. The molecule has 1 heterocycles. The molecule has 15 heavy (non-hydrogen) atoms. The van der Waals surface area contributed by atoms with Crippen LogP contribution < -0.4 is 5.32 Å². The van der Waals surface area contributed by atoms with E-state index in [9.17, 15) is 0 Å². The van der Waals surface area contributed by atoms with Crippen molar-refractivity contribution in [2.45, 2.75) is 40.2 Å². The van der Waals surface area contributed by atoms with Crippen LogP contribution in [0, 0.1) is 5.41 Å². The topological polar surface area (TPSA) is 24.9 Å². The summed E-state index contributed by atoms with van der Waals surface area (Å²) in [7, 11) is 0. The monoisotopic (exact) mass is 206 g/mol. The maximum Gasteiger partial charge on any atom is 0.0387 e. The van der Waals surface area contributed by atoms with E-state index < -0.39 is 0 Å². The van der Waals surface area contributed by atoms with Crippen LogP contribution >= 0.6 is 0 Å². The Kier molecular flexibility index (Phi) is 4.28. The van der Waals surface area contributed by atoms with Crippen LogP contribution in [0.15, 0.2) is 24.5 Å². The number of pyridine rings is 1. The van der Waals surface area contributed by atoms with Gasteiger partial charge in [0, 0.05) is 18.4 Å². The van der Waals surface area contributed by atoms with Crippen molar-refractivity contribution < 1.29 is 0 Å². The molecule has 0 radical (unpaired) electrons. The van der Waals surface area contributed by atoms with E-state index in [4.69, 9.17) is 0 Å². The molecule has 0 saturated carbocycles. The summed E-state index contributed by atoms with van der Waals surface area (Å²) in [6.07, 6.45) is 4.94. The van der Waals surface area contributed by atoms with Gasteiger partial charge < -0.3 is 5.32 Å². The zero-order valence-electron chi connectivity index (χ0n) is 10.2. The Morgan fingerprint density at radius 2 is 2.13 bits per heavy atom. The molecule has 1 N–H and O–H groups in total. The third-order valence-electron chi connectivity index (χ3n) is 3.12. The van der Waals surface area contributed by atoms with E-state index in [1.807, 2.05) is 18.5 Å². The summed E-state index contributed by atoms with van der Waals surface area (Å²) in [6, 6.07) is 4.55. The van der Waals surface area contributed by atoms with Crippen LogP contribution in [0.1, 0.15) is 45.7 Å². The molecule has 1 atom stereocenters. The fraction of sp³-hybridized carbons (Fsp3) is 0.615. The number of nitrogens with one attached hydrogen (secondary N) is 1. The summed E-state index contributed by atoms with van der Waals surface area (Å²) in [6.45, 7) is 9.97. The first-order valence-electron chi connectivity index (χ1n) is 5.75. The first-order valence-corrected chi connectivity index (χ1v) is 5.75. The van der Waals surface area contributed by atoms with Crippen molar-refractivity contribution in [3.63, 3.8) is 0 Å². The Hall–Kier alpha value is -0.890. The molecule has 0 bridgehead atoms. The Morgan fingerprint density at radius 1 is 1.40 bits per heavy atom. The van der Waals surface area contributed by atoms with Gasteiger partial charge in [-0.3, -0.25) is 4.98 Å². The van der Waals surface area contributed by atoms with Gasteiger partial charge in [0.2, 0.25) is 0 Å². The Balaban J connectivity index is 2.93. The minimum atomic E-state index is 0.263. The number of nitrogens with zero attached hydrogens (tertiary/aromatic N) is 1.